The number of carbonyl (C=O) groups excluding carboxylic acids is 1. The Hall–Kier alpha value is -2.28. The Balaban J connectivity index is 1.77. The minimum atomic E-state index is -0.341. The quantitative estimate of drug-likeness (QED) is 0.899. The van der Waals surface area contributed by atoms with Gasteiger partial charge in [0.2, 0.25) is 5.76 Å². The van der Waals surface area contributed by atoms with E-state index in [1.165, 1.54) is 29.0 Å². The van der Waals surface area contributed by atoms with E-state index >= 15 is 0 Å². The van der Waals surface area contributed by atoms with Gasteiger partial charge in [-0.15, -0.1) is 11.3 Å². The van der Waals surface area contributed by atoms with Crippen molar-refractivity contribution in [1.82, 2.24) is 9.55 Å². The summed E-state index contributed by atoms with van der Waals surface area (Å²) < 4.78 is 12.7. The van der Waals surface area contributed by atoms with Crippen LogP contribution in [0.2, 0.25) is 0 Å². The van der Waals surface area contributed by atoms with E-state index in [1.54, 1.807) is 0 Å². The van der Waals surface area contributed by atoms with Gasteiger partial charge in [0.15, 0.2) is 5.13 Å². The van der Waals surface area contributed by atoms with Crippen LogP contribution in [0.25, 0.3) is 11.3 Å². The van der Waals surface area contributed by atoms with Crippen molar-refractivity contribution in [2.45, 2.75) is 33.7 Å². The first-order valence-electron chi connectivity index (χ1n) is 7.98. The van der Waals surface area contributed by atoms with E-state index in [4.69, 9.17) is 9.47 Å². The number of amides is 1. The van der Waals surface area contributed by atoms with Crippen LogP contribution in [0.15, 0.2) is 23.5 Å². The third-order valence-corrected chi connectivity index (χ3v) is 4.65. The lowest BCUT2D eigenvalue weighted by Gasteiger charge is -2.14. The molecule has 3 rings (SSSR count). The van der Waals surface area contributed by atoms with Crippen molar-refractivity contribution in [1.29, 1.82) is 0 Å². The van der Waals surface area contributed by atoms with Crippen LogP contribution in [0.4, 0.5) is 5.13 Å². The van der Waals surface area contributed by atoms with Gasteiger partial charge < -0.3 is 14.0 Å². The molecule has 3 heterocycles. The molecular weight excluding hydrogens is 326 g/mol. The van der Waals surface area contributed by atoms with Crippen molar-refractivity contribution in [2.24, 2.45) is 0 Å². The van der Waals surface area contributed by atoms with Crippen LogP contribution in [0.5, 0.6) is 0 Å². The van der Waals surface area contributed by atoms with Crippen LogP contribution in [0.1, 0.15) is 24.7 Å². The SMILES string of the molecule is CCCn1c(C)cc(-c2csc(NC(=O)C3=COCCO3)n2)c1C. The monoisotopic (exact) mass is 347 g/mol. The minimum Gasteiger partial charge on any atom is -0.494 e. The lowest BCUT2D eigenvalue weighted by atomic mass is 10.2. The summed E-state index contributed by atoms with van der Waals surface area (Å²) in [6, 6.07) is 2.15. The Labute approximate surface area is 145 Å². The van der Waals surface area contributed by atoms with E-state index in [9.17, 15) is 4.79 Å². The second-order valence-electron chi connectivity index (χ2n) is 5.63. The van der Waals surface area contributed by atoms with E-state index in [2.05, 4.69) is 41.7 Å². The van der Waals surface area contributed by atoms with E-state index in [0.29, 0.717) is 18.3 Å². The number of nitrogens with zero attached hydrogens (tertiary/aromatic N) is 2. The first-order chi connectivity index (χ1) is 11.6. The standard InChI is InChI=1S/C17H21N3O3S/c1-4-5-20-11(2)8-13(12(20)3)14-10-24-17(18-14)19-16(21)15-9-22-6-7-23-15/h8-10H,4-7H2,1-3H3,(H,18,19,21). The van der Waals surface area contributed by atoms with Gasteiger partial charge in [0, 0.05) is 28.9 Å². The Bertz CT molecular complexity index is 776. The number of aromatic nitrogens is 2. The number of nitrogens with one attached hydrogen (secondary N) is 1. The highest BCUT2D eigenvalue weighted by Crippen LogP contribution is 2.30. The lowest BCUT2D eigenvalue weighted by Crippen LogP contribution is -2.21. The number of aryl methyl sites for hydroxylation is 1. The highest BCUT2D eigenvalue weighted by atomic mass is 32.1. The maximum absolute atomic E-state index is 12.1. The number of hydrogen-bond acceptors (Lipinski definition) is 5. The fourth-order valence-corrected chi connectivity index (χ4v) is 3.43. The molecule has 2 aromatic heterocycles. The molecule has 0 saturated carbocycles. The molecule has 1 aliphatic rings. The normalized spacial score (nSPS) is 13.9. The molecule has 24 heavy (non-hydrogen) atoms. The Morgan fingerprint density at radius 2 is 2.25 bits per heavy atom. The molecule has 0 aromatic carbocycles. The molecule has 0 fully saturated rings. The van der Waals surface area contributed by atoms with Crippen LogP contribution in [-0.2, 0) is 20.8 Å². The van der Waals surface area contributed by atoms with Gasteiger partial charge in [0.05, 0.1) is 5.69 Å². The first kappa shape index (κ1) is 16.6. The number of carbonyl (C=O) groups is 1. The van der Waals surface area contributed by atoms with Crippen molar-refractivity contribution in [2.75, 3.05) is 18.5 Å². The van der Waals surface area contributed by atoms with E-state index in [0.717, 1.165) is 24.2 Å². The minimum absolute atomic E-state index is 0.180. The molecule has 2 aromatic rings. The largest absolute Gasteiger partial charge is 0.494 e. The van der Waals surface area contributed by atoms with Gasteiger partial charge in [-0.25, -0.2) is 4.98 Å². The molecule has 0 aliphatic carbocycles. The molecule has 0 bridgehead atoms. The second-order valence-corrected chi connectivity index (χ2v) is 6.49. The van der Waals surface area contributed by atoms with E-state index < -0.39 is 0 Å². The average molecular weight is 347 g/mol. The van der Waals surface area contributed by atoms with E-state index in [1.807, 2.05) is 5.38 Å². The first-order valence-corrected chi connectivity index (χ1v) is 8.86. The van der Waals surface area contributed by atoms with Gasteiger partial charge >= 0.3 is 0 Å². The molecule has 6 nitrogen and oxygen atoms in total. The fourth-order valence-electron chi connectivity index (χ4n) is 2.73. The van der Waals surface area contributed by atoms with Gasteiger partial charge in [-0.2, -0.15) is 0 Å². The third kappa shape index (κ3) is 3.31. The van der Waals surface area contributed by atoms with Gasteiger partial charge in [-0.1, -0.05) is 6.92 Å². The predicted molar refractivity (Wildman–Crippen MR) is 93.9 cm³/mol. The van der Waals surface area contributed by atoms with Gasteiger partial charge in [-0.05, 0) is 26.3 Å². The lowest BCUT2D eigenvalue weighted by molar-refractivity contribution is -0.117. The fraction of sp³-hybridized carbons (Fsp3) is 0.412. The predicted octanol–water partition coefficient (Wildman–Crippen LogP) is 3.47. The highest BCUT2D eigenvalue weighted by molar-refractivity contribution is 7.14. The smallest absolute Gasteiger partial charge is 0.295 e. The Morgan fingerprint density at radius 3 is 2.96 bits per heavy atom. The zero-order chi connectivity index (χ0) is 17.1. The average Bonchev–Trinajstić information content (AvgIpc) is 3.15. The number of thiazole rings is 1. The summed E-state index contributed by atoms with van der Waals surface area (Å²) in [7, 11) is 0. The zero-order valence-corrected chi connectivity index (χ0v) is 14.9. The number of rotatable bonds is 5. The topological polar surface area (TPSA) is 65.4 Å². The maximum atomic E-state index is 12.1. The summed E-state index contributed by atoms with van der Waals surface area (Å²) in [5.41, 5.74) is 4.40. The Morgan fingerprint density at radius 1 is 1.42 bits per heavy atom. The second kappa shape index (κ2) is 7.09. The number of anilines is 1. The number of ether oxygens (including phenoxy) is 2. The van der Waals surface area contributed by atoms with Crippen molar-refractivity contribution >= 4 is 22.4 Å². The molecule has 7 heteroatoms. The summed E-state index contributed by atoms with van der Waals surface area (Å²) in [6.07, 6.45) is 2.43. The van der Waals surface area contributed by atoms with Crippen molar-refractivity contribution < 1.29 is 14.3 Å². The summed E-state index contributed by atoms with van der Waals surface area (Å²) in [5, 5.41) is 5.26. The van der Waals surface area contributed by atoms with Crippen LogP contribution < -0.4 is 5.32 Å². The molecule has 0 radical (unpaired) electrons. The molecule has 1 aliphatic heterocycles. The van der Waals surface area contributed by atoms with Crippen LogP contribution in [-0.4, -0.2) is 28.7 Å². The van der Waals surface area contributed by atoms with Gasteiger partial charge in [0.25, 0.3) is 5.91 Å². The van der Waals surface area contributed by atoms with Crippen molar-refractivity contribution in [3.8, 4) is 11.3 Å². The summed E-state index contributed by atoms with van der Waals surface area (Å²) in [6.45, 7) is 8.22. The van der Waals surface area contributed by atoms with Gasteiger partial charge in [-0.3, -0.25) is 10.1 Å². The van der Waals surface area contributed by atoms with Crippen molar-refractivity contribution in [3.63, 3.8) is 0 Å². The number of hydrogen-bond donors (Lipinski definition) is 1. The van der Waals surface area contributed by atoms with Crippen LogP contribution in [0.3, 0.4) is 0 Å². The molecule has 0 unspecified atom stereocenters. The molecule has 0 atom stereocenters. The summed E-state index contributed by atoms with van der Waals surface area (Å²) in [5.74, 6) is -0.161. The van der Waals surface area contributed by atoms with Crippen LogP contribution in [0, 0.1) is 13.8 Å². The van der Waals surface area contributed by atoms with Crippen molar-refractivity contribution in [3.05, 3.63) is 34.9 Å². The van der Waals surface area contributed by atoms with E-state index in [-0.39, 0.29) is 11.7 Å². The molecule has 0 spiro atoms. The highest BCUT2D eigenvalue weighted by Gasteiger charge is 2.18. The molecule has 1 N–H and O–H groups in total. The molecule has 128 valence electrons. The van der Waals surface area contributed by atoms with Crippen LogP contribution >= 0.6 is 11.3 Å². The molecule has 0 saturated heterocycles. The Kier molecular flexibility index (Phi) is 4.89. The van der Waals surface area contributed by atoms with Gasteiger partial charge in [0.1, 0.15) is 19.5 Å². The zero-order valence-electron chi connectivity index (χ0n) is 14.1. The molecular formula is C17H21N3O3S. The summed E-state index contributed by atoms with van der Waals surface area (Å²) in [4.78, 5) is 16.6. The molecule has 1 amide bonds. The summed E-state index contributed by atoms with van der Waals surface area (Å²) >= 11 is 1.40. The third-order valence-electron chi connectivity index (χ3n) is 3.89. The maximum Gasteiger partial charge on any atom is 0.295 e.